The molecule has 2 fully saturated rings. The minimum Gasteiger partial charge on any atom is -0.311 e. The van der Waals surface area contributed by atoms with Gasteiger partial charge < -0.3 is 5.32 Å². The molecule has 2 aliphatic rings. The Bertz CT molecular complexity index is 256. The highest BCUT2D eigenvalue weighted by molar-refractivity contribution is 5.02. The van der Waals surface area contributed by atoms with Crippen molar-refractivity contribution < 1.29 is 0 Å². The maximum atomic E-state index is 3.85. The van der Waals surface area contributed by atoms with Crippen LogP contribution in [-0.2, 0) is 0 Å². The van der Waals surface area contributed by atoms with Crippen molar-refractivity contribution in [1.82, 2.24) is 10.2 Å². The summed E-state index contributed by atoms with van der Waals surface area (Å²) in [6, 6.07) is 1.43. The molecule has 0 aromatic heterocycles. The van der Waals surface area contributed by atoms with Gasteiger partial charge in [0.15, 0.2) is 0 Å². The van der Waals surface area contributed by atoms with Gasteiger partial charge in [-0.2, -0.15) is 0 Å². The Kier molecular flexibility index (Phi) is 4.71. The normalized spacial score (nSPS) is 30.8. The van der Waals surface area contributed by atoms with E-state index < -0.39 is 0 Å². The lowest BCUT2D eigenvalue weighted by Gasteiger charge is -2.55. The summed E-state index contributed by atoms with van der Waals surface area (Å²) in [4.78, 5) is 2.87. The third-order valence-corrected chi connectivity index (χ3v) is 5.41. The highest BCUT2D eigenvalue weighted by Gasteiger charge is 2.43. The lowest BCUT2D eigenvalue weighted by molar-refractivity contribution is -0.0254. The average molecular weight is 252 g/mol. The summed E-state index contributed by atoms with van der Waals surface area (Å²) >= 11 is 0. The molecule has 1 aliphatic heterocycles. The van der Waals surface area contributed by atoms with Crippen molar-refractivity contribution in [2.75, 3.05) is 13.1 Å². The minimum absolute atomic E-state index is 0.485. The molecular formula is C16H32N2. The molecule has 1 spiro atoms. The largest absolute Gasteiger partial charge is 0.311 e. The second kappa shape index (κ2) is 5.92. The topological polar surface area (TPSA) is 15.3 Å². The summed E-state index contributed by atoms with van der Waals surface area (Å²) in [5, 5.41) is 3.85. The van der Waals surface area contributed by atoms with Gasteiger partial charge >= 0.3 is 0 Å². The SMILES string of the molecule is CCC(C)N1CC(C(C)C)NCC12CCCCC2. The van der Waals surface area contributed by atoms with Gasteiger partial charge in [0.25, 0.3) is 0 Å². The van der Waals surface area contributed by atoms with Crippen LogP contribution in [0, 0.1) is 5.92 Å². The summed E-state index contributed by atoms with van der Waals surface area (Å²) in [5.74, 6) is 0.748. The molecule has 1 saturated carbocycles. The molecular weight excluding hydrogens is 220 g/mol. The van der Waals surface area contributed by atoms with Gasteiger partial charge in [0, 0.05) is 30.7 Å². The van der Waals surface area contributed by atoms with Gasteiger partial charge in [-0.25, -0.2) is 0 Å². The van der Waals surface area contributed by atoms with E-state index in [-0.39, 0.29) is 0 Å². The first-order chi connectivity index (χ1) is 8.59. The molecule has 2 nitrogen and oxygen atoms in total. The number of hydrogen-bond donors (Lipinski definition) is 1. The Morgan fingerprint density at radius 1 is 1.17 bits per heavy atom. The van der Waals surface area contributed by atoms with Crippen LogP contribution in [0.3, 0.4) is 0 Å². The van der Waals surface area contributed by atoms with Crippen molar-refractivity contribution in [2.24, 2.45) is 5.92 Å². The van der Waals surface area contributed by atoms with Crippen molar-refractivity contribution in [3.05, 3.63) is 0 Å². The zero-order chi connectivity index (χ0) is 13.2. The third-order valence-electron chi connectivity index (χ3n) is 5.41. The molecule has 0 aromatic rings. The zero-order valence-electron chi connectivity index (χ0n) is 12.8. The van der Waals surface area contributed by atoms with Crippen LogP contribution in [0.2, 0.25) is 0 Å². The summed E-state index contributed by atoms with van der Waals surface area (Å²) in [6.07, 6.45) is 8.42. The van der Waals surface area contributed by atoms with E-state index >= 15 is 0 Å². The van der Waals surface area contributed by atoms with Crippen LogP contribution in [0.4, 0.5) is 0 Å². The van der Waals surface area contributed by atoms with Crippen molar-refractivity contribution in [1.29, 1.82) is 0 Å². The maximum absolute atomic E-state index is 3.85. The Morgan fingerprint density at radius 3 is 2.39 bits per heavy atom. The smallest absolute Gasteiger partial charge is 0.0337 e. The molecule has 1 heterocycles. The van der Waals surface area contributed by atoms with Gasteiger partial charge in [0.2, 0.25) is 0 Å². The molecule has 18 heavy (non-hydrogen) atoms. The van der Waals surface area contributed by atoms with Gasteiger partial charge in [-0.3, -0.25) is 4.90 Å². The van der Waals surface area contributed by atoms with Crippen LogP contribution in [0.15, 0.2) is 0 Å². The second-order valence-corrected chi connectivity index (χ2v) is 6.93. The number of piperazine rings is 1. The average Bonchev–Trinajstić information content (AvgIpc) is 2.39. The predicted octanol–water partition coefficient (Wildman–Crippen LogP) is 3.42. The van der Waals surface area contributed by atoms with Gasteiger partial charge in [-0.05, 0) is 32.1 Å². The van der Waals surface area contributed by atoms with Crippen molar-refractivity contribution in [3.8, 4) is 0 Å². The van der Waals surface area contributed by atoms with Crippen LogP contribution in [0.5, 0.6) is 0 Å². The van der Waals surface area contributed by atoms with Crippen LogP contribution in [0.25, 0.3) is 0 Å². The first kappa shape index (κ1) is 14.3. The molecule has 2 heteroatoms. The first-order valence-electron chi connectivity index (χ1n) is 8.09. The fourth-order valence-corrected chi connectivity index (χ4v) is 3.88. The van der Waals surface area contributed by atoms with Crippen LogP contribution in [-0.4, -0.2) is 35.6 Å². The standard InChI is InChI=1S/C16H32N2/c1-5-14(4)18-11-15(13(2)3)17-12-16(18)9-7-6-8-10-16/h13-15,17H,5-12H2,1-4H3. The van der Waals surface area contributed by atoms with Gasteiger partial charge in [0.05, 0.1) is 0 Å². The number of nitrogens with one attached hydrogen (secondary N) is 1. The number of nitrogens with zero attached hydrogens (tertiary/aromatic N) is 1. The molecule has 1 saturated heterocycles. The fourth-order valence-electron chi connectivity index (χ4n) is 3.88. The quantitative estimate of drug-likeness (QED) is 0.828. The Morgan fingerprint density at radius 2 is 1.83 bits per heavy atom. The van der Waals surface area contributed by atoms with E-state index in [9.17, 15) is 0 Å². The Labute approximate surface area is 114 Å². The molecule has 0 radical (unpaired) electrons. The summed E-state index contributed by atoms with van der Waals surface area (Å²) in [5.41, 5.74) is 0.485. The molecule has 2 rings (SSSR count). The molecule has 0 amide bonds. The molecule has 1 N–H and O–H groups in total. The lowest BCUT2D eigenvalue weighted by atomic mass is 9.76. The molecule has 1 aliphatic carbocycles. The van der Waals surface area contributed by atoms with Crippen LogP contribution in [0.1, 0.15) is 66.2 Å². The van der Waals surface area contributed by atoms with Crippen LogP contribution >= 0.6 is 0 Å². The summed E-state index contributed by atoms with van der Waals surface area (Å²) < 4.78 is 0. The summed E-state index contributed by atoms with van der Waals surface area (Å²) in [7, 11) is 0. The highest BCUT2D eigenvalue weighted by Crippen LogP contribution is 2.37. The predicted molar refractivity (Wildman–Crippen MR) is 78.9 cm³/mol. The van der Waals surface area contributed by atoms with Crippen molar-refractivity contribution >= 4 is 0 Å². The van der Waals surface area contributed by atoms with Gasteiger partial charge in [0.1, 0.15) is 0 Å². The monoisotopic (exact) mass is 252 g/mol. The van der Waals surface area contributed by atoms with E-state index in [4.69, 9.17) is 0 Å². The molecule has 2 atom stereocenters. The van der Waals surface area contributed by atoms with E-state index in [0.29, 0.717) is 11.6 Å². The molecule has 0 aromatic carbocycles. The Hall–Kier alpha value is -0.0800. The summed E-state index contributed by atoms with van der Waals surface area (Å²) in [6.45, 7) is 12.0. The zero-order valence-corrected chi connectivity index (χ0v) is 12.8. The van der Waals surface area contributed by atoms with E-state index in [1.807, 2.05) is 0 Å². The van der Waals surface area contributed by atoms with E-state index in [1.165, 1.54) is 51.6 Å². The minimum atomic E-state index is 0.485. The lowest BCUT2D eigenvalue weighted by Crippen LogP contribution is -2.68. The number of hydrogen-bond acceptors (Lipinski definition) is 2. The highest BCUT2D eigenvalue weighted by atomic mass is 15.3. The van der Waals surface area contributed by atoms with Crippen LogP contribution < -0.4 is 5.32 Å². The third kappa shape index (κ3) is 2.75. The van der Waals surface area contributed by atoms with Gasteiger partial charge in [-0.15, -0.1) is 0 Å². The fraction of sp³-hybridized carbons (Fsp3) is 1.00. The van der Waals surface area contributed by atoms with Gasteiger partial charge in [-0.1, -0.05) is 40.0 Å². The molecule has 106 valence electrons. The molecule has 0 bridgehead atoms. The first-order valence-corrected chi connectivity index (χ1v) is 8.09. The Balaban J connectivity index is 2.13. The number of rotatable bonds is 3. The van der Waals surface area contributed by atoms with E-state index in [0.717, 1.165) is 12.0 Å². The van der Waals surface area contributed by atoms with E-state index in [1.54, 1.807) is 0 Å². The second-order valence-electron chi connectivity index (χ2n) is 6.93. The van der Waals surface area contributed by atoms with Crippen molar-refractivity contribution in [3.63, 3.8) is 0 Å². The van der Waals surface area contributed by atoms with Crippen molar-refractivity contribution in [2.45, 2.75) is 83.8 Å². The van der Waals surface area contributed by atoms with E-state index in [2.05, 4.69) is 37.9 Å². The maximum Gasteiger partial charge on any atom is 0.0337 e. The molecule has 2 unspecified atom stereocenters.